The first-order chi connectivity index (χ1) is 14.1. The van der Waals surface area contributed by atoms with Gasteiger partial charge in [0.25, 0.3) is 0 Å². The zero-order valence-corrected chi connectivity index (χ0v) is 16.3. The summed E-state index contributed by atoms with van der Waals surface area (Å²) in [6, 6.07) is 1.80. The van der Waals surface area contributed by atoms with Gasteiger partial charge < -0.3 is 35.3 Å². The highest BCUT2D eigenvalue weighted by Gasteiger charge is 2.46. The highest BCUT2D eigenvalue weighted by atomic mass is 16.6. The van der Waals surface area contributed by atoms with Crippen molar-refractivity contribution in [3.8, 4) is 0 Å². The highest BCUT2D eigenvalue weighted by Crippen LogP contribution is 2.34. The van der Waals surface area contributed by atoms with Gasteiger partial charge >= 0.3 is 0 Å². The Labute approximate surface area is 168 Å². The van der Waals surface area contributed by atoms with Crippen LogP contribution in [-0.4, -0.2) is 92.9 Å². The molecule has 2 aromatic rings. The molecule has 10 nitrogen and oxygen atoms in total. The van der Waals surface area contributed by atoms with Crippen molar-refractivity contribution in [2.24, 2.45) is 0 Å². The summed E-state index contributed by atoms with van der Waals surface area (Å²) in [6.07, 6.45) is 2.03. The molecule has 5 heterocycles. The molecule has 5 rings (SSSR count). The molecule has 3 aliphatic rings. The van der Waals surface area contributed by atoms with Gasteiger partial charge in [-0.2, -0.15) is 0 Å². The molecular weight excluding hydrogens is 376 g/mol. The number of aromatic nitrogens is 3. The number of nitrogen functional groups attached to an aromatic ring is 1. The first-order valence-corrected chi connectivity index (χ1v) is 10.2. The number of aliphatic hydroxyl groups excluding tert-OH is 2. The van der Waals surface area contributed by atoms with E-state index in [4.69, 9.17) is 15.2 Å². The summed E-state index contributed by atoms with van der Waals surface area (Å²) in [4.78, 5) is 10.6. The predicted molar refractivity (Wildman–Crippen MR) is 105 cm³/mol. The van der Waals surface area contributed by atoms with Crippen LogP contribution in [0.3, 0.4) is 0 Å². The molecule has 3 aliphatic heterocycles. The fourth-order valence-electron chi connectivity index (χ4n) is 4.91. The van der Waals surface area contributed by atoms with Crippen LogP contribution in [0.1, 0.15) is 19.1 Å². The zero-order chi connectivity index (χ0) is 20.0. The van der Waals surface area contributed by atoms with Crippen molar-refractivity contribution in [2.75, 3.05) is 45.1 Å². The maximum atomic E-state index is 10.7. The molecule has 1 spiro atoms. The number of morpholine rings is 1. The number of aliphatic hydroxyl groups is 2. The quantitative estimate of drug-likeness (QED) is 0.513. The summed E-state index contributed by atoms with van der Waals surface area (Å²) < 4.78 is 13.5. The second-order valence-corrected chi connectivity index (χ2v) is 8.36. The molecule has 10 heteroatoms. The van der Waals surface area contributed by atoms with E-state index in [9.17, 15) is 10.2 Å². The average molecular weight is 404 g/mol. The molecule has 5 atom stereocenters. The first kappa shape index (κ1) is 19.2. The topological polar surface area (TPSA) is 131 Å². The van der Waals surface area contributed by atoms with Crippen LogP contribution < -0.4 is 11.1 Å². The number of piperidine rings is 1. The van der Waals surface area contributed by atoms with Gasteiger partial charge in [-0.25, -0.2) is 9.97 Å². The van der Waals surface area contributed by atoms with Gasteiger partial charge in [0.2, 0.25) is 0 Å². The molecule has 0 bridgehead atoms. The van der Waals surface area contributed by atoms with E-state index >= 15 is 0 Å². The van der Waals surface area contributed by atoms with E-state index in [1.807, 2.05) is 0 Å². The summed E-state index contributed by atoms with van der Waals surface area (Å²) in [6.45, 7) is 4.65. The number of likely N-dealkylation sites (tertiary alicyclic amines) is 1. The van der Waals surface area contributed by atoms with E-state index < -0.39 is 24.5 Å². The molecule has 3 fully saturated rings. The van der Waals surface area contributed by atoms with Crippen molar-refractivity contribution in [3.63, 3.8) is 0 Å². The van der Waals surface area contributed by atoms with Crippen LogP contribution in [0.4, 0.5) is 5.82 Å². The number of anilines is 1. The van der Waals surface area contributed by atoms with Crippen LogP contribution in [0.5, 0.6) is 0 Å². The Balaban J connectivity index is 1.31. The lowest BCUT2D eigenvalue weighted by Gasteiger charge is -2.46. The fraction of sp³-hybridized carbons (Fsp3) is 0.684. The van der Waals surface area contributed by atoms with E-state index in [0.29, 0.717) is 30.0 Å². The number of nitrogens with one attached hydrogen (secondary N) is 1. The molecule has 0 amide bonds. The molecule has 5 N–H and O–H groups in total. The van der Waals surface area contributed by atoms with Gasteiger partial charge in [-0.15, -0.1) is 0 Å². The fourth-order valence-corrected chi connectivity index (χ4v) is 4.91. The number of hydrogen-bond acceptors (Lipinski definition) is 9. The van der Waals surface area contributed by atoms with Crippen molar-refractivity contribution >= 4 is 16.9 Å². The van der Waals surface area contributed by atoms with Crippen LogP contribution >= 0.6 is 0 Å². The number of nitrogens with zero attached hydrogens (tertiary/aromatic N) is 4. The minimum atomic E-state index is -1.05. The Bertz CT molecular complexity index is 864. The molecule has 0 radical (unpaired) electrons. The summed E-state index contributed by atoms with van der Waals surface area (Å²) >= 11 is 0. The van der Waals surface area contributed by atoms with Crippen LogP contribution in [0.2, 0.25) is 0 Å². The maximum absolute atomic E-state index is 10.7. The predicted octanol–water partition coefficient (Wildman–Crippen LogP) is -0.913. The van der Waals surface area contributed by atoms with E-state index in [1.165, 1.54) is 6.33 Å². The van der Waals surface area contributed by atoms with Gasteiger partial charge in [0, 0.05) is 25.8 Å². The molecule has 29 heavy (non-hydrogen) atoms. The molecule has 1 unspecified atom stereocenters. The monoisotopic (exact) mass is 404 g/mol. The minimum Gasteiger partial charge on any atom is -0.387 e. The van der Waals surface area contributed by atoms with Crippen LogP contribution in [-0.2, 0) is 9.47 Å². The number of hydrogen-bond donors (Lipinski definition) is 4. The number of rotatable bonds is 3. The van der Waals surface area contributed by atoms with Gasteiger partial charge in [-0.1, -0.05) is 0 Å². The number of nitrogens with two attached hydrogens (primary N) is 1. The smallest absolute Gasteiger partial charge is 0.164 e. The third-order valence-electron chi connectivity index (χ3n) is 6.37. The minimum absolute atomic E-state index is 0.0247. The average Bonchev–Trinajstić information content (AvgIpc) is 3.26. The maximum Gasteiger partial charge on any atom is 0.164 e. The van der Waals surface area contributed by atoms with Crippen molar-refractivity contribution in [1.29, 1.82) is 0 Å². The third kappa shape index (κ3) is 3.39. The standard InChI is InChI=1S/C19H28N6O4/c20-16-12-2-6-25(17(12)22-11-21-16)18-15(27)14(26)13(29-18)8-24-5-1-3-19(9-24)10-28-7-4-23-19/h2,6,11,13-15,18,23,26-27H,1,3-5,7-10H2,(H2,20,21,22)/t13-,14-,15-,18-,19?/m1/s1. The van der Waals surface area contributed by atoms with Gasteiger partial charge in [0.1, 0.15) is 36.1 Å². The molecule has 2 aromatic heterocycles. The number of ether oxygens (including phenoxy) is 2. The second kappa shape index (κ2) is 7.46. The van der Waals surface area contributed by atoms with Gasteiger partial charge in [0.05, 0.1) is 24.1 Å². The Hall–Kier alpha value is -1.82. The summed E-state index contributed by atoms with van der Waals surface area (Å²) in [7, 11) is 0. The van der Waals surface area contributed by atoms with Gasteiger partial charge in [0.15, 0.2) is 6.23 Å². The lowest BCUT2D eigenvalue weighted by atomic mass is 9.88. The SMILES string of the molecule is Nc1ncnc2c1ccn2[C@@H]1O[C@H](CN2CCCC3(COCCN3)C2)[C@@H](O)[C@H]1O. The Morgan fingerprint density at radius 1 is 1.31 bits per heavy atom. The first-order valence-electron chi connectivity index (χ1n) is 10.2. The Kier molecular flexibility index (Phi) is 4.93. The Morgan fingerprint density at radius 2 is 2.21 bits per heavy atom. The van der Waals surface area contributed by atoms with Crippen molar-refractivity contribution in [1.82, 2.24) is 24.8 Å². The highest BCUT2D eigenvalue weighted by molar-refractivity contribution is 5.86. The second-order valence-electron chi connectivity index (χ2n) is 8.36. The molecular formula is C19H28N6O4. The summed E-state index contributed by atoms with van der Waals surface area (Å²) in [5, 5.41) is 25.7. The van der Waals surface area contributed by atoms with Crippen LogP contribution in [0.15, 0.2) is 18.6 Å². The van der Waals surface area contributed by atoms with Crippen molar-refractivity contribution in [2.45, 2.75) is 42.9 Å². The van der Waals surface area contributed by atoms with Crippen LogP contribution in [0, 0.1) is 0 Å². The normalized spacial score (nSPS) is 36.2. The van der Waals surface area contributed by atoms with E-state index in [1.54, 1.807) is 16.8 Å². The van der Waals surface area contributed by atoms with Crippen molar-refractivity contribution in [3.05, 3.63) is 18.6 Å². The van der Waals surface area contributed by atoms with Crippen LogP contribution in [0.25, 0.3) is 11.0 Å². The van der Waals surface area contributed by atoms with E-state index in [2.05, 4.69) is 20.2 Å². The van der Waals surface area contributed by atoms with E-state index in [0.717, 1.165) is 39.1 Å². The Morgan fingerprint density at radius 3 is 3.03 bits per heavy atom. The summed E-state index contributed by atoms with van der Waals surface area (Å²) in [5.74, 6) is 0.374. The lowest BCUT2D eigenvalue weighted by molar-refractivity contribution is -0.0586. The molecule has 0 saturated carbocycles. The largest absolute Gasteiger partial charge is 0.387 e. The third-order valence-corrected chi connectivity index (χ3v) is 6.37. The lowest BCUT2D eigenvalue weighted by Crippen LogP contribution is -2.63. The van der Waals surface area contributed by atoms with Gasteiger partial charge in [-0.05, 0) is 25.5 Å². The molecule has 158 valence electrons. The molecule has 0 aromatic carbocycles. The zero-order valence-electron chi connectivity index (χ0n) is 16.3. The summed E-state index contributed by atoms with van der Waals surface area (Å²) in [5.41, 5.74) is 6.46. The number of fused-ring (bicyclic) bond motifs is 1. The van der Waals surface area contributed by atoms with Crippen molar-refractivity contribution < 1.29 is 19.7 Å². The van der Waals surface area contributed by atoms with E-state index in [-0.39, 0.29) is 5.54 Å². The molecule has 3 saturated heterocycles. The van der Waals surface area contributed by atoms with Gasteiger partial charge in [-0.3, -0.25) is 4.90 Å². The molecule has 0 aliphatic carbocycles.